The topological polar surface area (TPSA) is 59.9 Å². The fourth-order valence-electron chi connectivity index (χ4n) is 1.92. The Bertz CT molecular complexity index is 729. The van der Waals surface area contributed by atoms with Crippen LogP contribution in [-0.2, 0) is 4.79 Å². The van der Waals surface area contributed by atoms with Gasteiger partial charge in [0.1, 0.15) is 6.61 Å². The summed E-state index contributed by atoms with van der Waals surface area (Å²) in [5, 5.41) is 4.11. The van der Waals surface area contributed by atoms with Gasteiger partial charge in [-0.1, -0.05) is 12.1 Å². The van der Waals surface area contributed by atoms with E-state index in [-0.39, 0.29) is 12.5 Å². The van der Waals surface area contributed by atoms with Crippen LogP contribution in [0.15, 0.2) is 45.3 Å². The van der Waals surface area contributed by atoms with Crippen LogP contribution in [0.5, 0.6) is 11.5 Å². The van der Waals surface area contributed by atoms with E-state index in [1.807, 2.05) is 31.2 Å². The summed E-state index contributed by atoms with van der Waals surface area (Å²) in [5.41, 5.74) is 3.26. The average molecular weight is 381 g/mol. The monoisotopic (exact) mass is 380 g/mol. The van der Waals surface area contributed by atoms with E-state index >= 15 is 0 Å². The van der Waals surface area contributed by atoms with Crippen molar-refractivity contribution in [1.82, 2.24) is 5.43 Å². The Labute approximate surface area is 140 Å². The highest BCUT2D eigenvalue weighted by molar-refractivity contribution is 9.11. The summed E-state index contributed by atoms with van der Waals surface area (Å²) in [6.45, 7) is 2.01. The summed E-state index contributed by atoms with van der Waals surface area (Å²) in [7, 11) is 0. The highest BCUT2D eigenvalue weighted by Crippen LogP contribution is 2.30. The van der Waals surface area contributed by atoms with Gasteiger partial charge >= 0.3 is 0 Å². The molecule has 1 N–H and O–H groups in total. The van der Waals surface area contributed by atoms with Crippen molar-refractivity contribution in [2.75, 3.05) is 6.61 Å². The van der Waals surface area contributed by atoms with E-state index in [1.54, 1.807) is 23.5 Å². The van der Waals surface area contributed by atoms with Crippen molar-refractivity contribution in [2.24, 2.45) is 5.10 Å². The second-order valence-corrected chi connectivity index (χ2v) is 7.10. The van der Waals surface area contributed by atoms with Crippen molar-refractivity contribution in [2.45, 2.75) is 13.0 Å². The van der Waals surface area contributed by atoms with Gasteiger partial charge in [-0.05, 0) is 47.1 Å². The number of nitrogens with zero attached hydrogens (tertiary/aromatic N) is 1. The maximum atomic E-state index is 12.1. The molecule has 114 valence electrons. The van der Waals surface area contributed by atoms with Crippen LogP contribution < -0.4 is 14.9 Å². The minimum absolute atomic E-state index is 0.169. The predicted octanol–water partition coefficient (Wildman–Crippen LogP) is 3.19. The zero-order valence-electron chi connectivity index (χ0n) is 11.7. The molecule has 0 saturated carbocycles. The molecule has 1 aliphatic rings. The van der Waals surface area contributed by atoms with Gasteiger partial charge in [0.25, 0.3) is 5.91 Å². The molecule has 5 nitrogen and oxygen atoms in total. The zero-order valence-corrected chi connectivity index (χ0v) is 14.1. The molecular weight excluding hydrogens is 368 g/mol. The minimum Gasteiger partial charge on any atom is -0.485 e. The molecule has 0 spiro atoms. The lowest BCUT2D eigenvalue weighted by Gasteiger charge is -2.24. The fourth-order valence-corrected chi connectivity index (χ4v) is 3.25. The number of nitrogens with one attached hydrogen (secondary N) is 1. The fraction of sp³-hybridized carbons (Fsp3) is 0.200. The Hall–Kier alpha value is -1.86. The Kier molecular flexibility index (Phi) is 4.44. The molecule has 2 aromatic rings. The Morgan fingerprint density at radius 3 is 2.82 bits per heavy atom. The molecule has 2 heterocycles. The summed E-state index contributed by atoms with van der Waals surface area (Å²) < 4.78 is 12.2. The number of halogens is 1. The number of para-hydroxylation sites is 2. The number of benzene rings is 1. The van der Waals surface area contributed by atoms with Gasteiger partial charge in [-0.25, -0.2) is 5.43 Å². The van der Waals surface area contributed by atoms with Crippen molar-refractivity contribution < 1.29 is 14.3 Å². The molecule has 7 heteroatoms. The summed E-state index contributed by atoms with van der Waals surface area (Å²) in [4.78, 5) is 13.1. The van der Waals surface area contributed by atoms with E-state index < -0.39 is 6.10 Å². The molecule has 0 saturated heterocycles. The highest BCUT2D eigenvalue weighted by Gasteiger charge is 2.27. The summed E-state index contributed by atoms with van der Waals surface area (Å²) in [5.74, 6) is 0.885. The Morgan fingerprint density at radius 1 is 1.32 bits per heavy atom. The van der Waals surface area contributed by atoms with Gasteiger partial charge in [0.05, 0.1) is 14.4 Å². The molecule has 22 heavy (non-hydrogen) atoms. The number of carbonyl (C=O) groups excluding carboxylic acids is 1. The van der Waals surface area contributed by atoms with Crippen LogP contribution >= 0.6 is 27.3 Å². The summed E-state index contributed by atoms with van der Waals surface area (Å²) in [6, 6.07) is 11.1. The third-order valence-corrected chi connectivity index (χ3v) is 4.80. The van der Waals surface area contributed by atoms with E-state index in [9.17, 15) is 4.79 Å². The number of hydrogen-bond acceptors (Lipinski definition) is 5. The quantitative estimate of drug-likeness (QED) is 0.656. The van der Waals surface area contributed by atoms with Gasteiger partial charge in [0.15, 0.2) is 11.5 Å². The maximum Gasteiger partial charge on any atom is 0.284 e. The van der Waals surface area contributed by atoms with Gasteiger partial charge < -0.3 is 9.47 Å². The molecule has 1 aromatic heterocycles. The molecule has 1 aliphatic heterocycles. The van der Waals surface area contributed by atoms with E-state index in [1.165, 1.54) is 0 Å². The van der Waals surface area contributed by atoms with Gasteiger partial charge in [0.2, 0.25) is 6.10 Å². The maximum absolute atomic E-state index is 12.1. The number of hydrazone groups is 1. The smallest absolute Gasteiger partial charge is 0.284 e. The number of amides is 1. The lowest BCUT2D eigenvalue weighted by atomic mass is 10.2. The lowest BCUT2D eigenvalue weighted by molar-refractivity contribution is -0.130. The summed E-state index contributed by atoms with van der Waals surface area (Å²) >= 11 is 4.95. The molecule has 0 radical (unpaired) electrons. The molecule has 0 unspecified atom stereocenters. The third-order valence-electron chi connectivity index (χ3n) is 3.06. The number of rotatable bonds is 3. The molecule has 1 atom stereocenters. The zero-order chi connectivity index (χ0) is 15.5. The normalized spacial score (nSPS) is 17.2. The van der Waals surface area contributed by atoms with Crippen molar-refractivity contribution >= 4 is 38.9 Å². The first-order chi connectivity index (χ1) is 10.6. The second-order valence-electron chi connectivity index (χ2n) is 4.64. The average Bonchev–Trinajstić information content (AvgIpc) is 2.98. The van der Waals surface area contributed by atoms with E-state index in [2.05, 4.69) is 26.5 Å². The van der Waals surface area contributed by atoms with E-state index in [4.69, 9.17) is 9.47 Å². The van der Waals surface area contributed by atoms with Crippen LogP contribution in [0.3, 0.4) is 0 Å². The number of thiophene rings is 1. The molecule has 1 amide bonds. The van der Waals surface area contributed by atoms with E-state index in [0.29, 0.717) is 11.5 Å². The van der Waals surface area contributed by atoms with Gasteiger partial charge in [-0.15, -0.1) is 11.3 Å². The van der Waals surface area contributed by atoms with Crippen LogP contribution in [0, 0.1) is 0 Å². The third kappa shape index (κ3) is 3.31. The number of hydrogen-bond donors (Lipinski definition) is 1. The number of ether oxygens (including phenoxy) is 2. The van der Waals surface area contributed by atoms with Crippen LogP contribution in [0.2, 0.25) is 0 Å². The largest absolute Gasteiger partial charge is 0.485 e. The highest BCUT2D eigenvalue weighted by atomic mass is 79.9. The number of fused-ring (bicyclic) bond motifs is 1. The SMILES string of the molecule is C/C(=N/NC(=O)[C@H]1COc2ccccc2O1)c1ccc(Br)s1. The molecule has 0 fully saturated rings. The van der Waals surface area contributed by atoms with Crippen molar-refractivity contribution in [3.8, 4) is 11.5 Å². The second kappa shape index (κ2) is 6.50. The van der Waals surface area contributed by atoms with Gasteiger partial charge in [-0.3, -0.25) is 4.79 Å². The van der Waals surface area contributed by atoms with Crippen LogP contribution in [0.1, 0.15) is 11.8 Å². The van der Waals surface area contributed by atoms with Crippen molar-refractivity contribution in [1.29, 1.82) is 0 Å². The van der Waals surface area contributed by atoms with Crippen LogP contribution in [0.25, 0.3) is 0 Å². The Balaban J connectivity index is 1.63. The molecule has 1 aromatic carbocycles. The Morgan fingerprint density at radius 2 is 2.09 bits per heavy atom. The minimum atomic E-state index is -0.707. The van der Waals surface area contributed by atoms with Crippen LogP contribution in [0.4, 0.5) is 0 Å². The first-order valence-corrected chi connectivity index (χ1v) is 8.23. The first kappa shape index (κ1) is 15.1. The molecule has 0 aliphatic carbocycles. The number of carbonyl (C=O) groups is 1. The van der Waals surface area contributed by atoms with Crippen molar-refractivity contribution in [3.63, 3.8) is 0 Å². The molecule has 0 bridgehead atoms. The van der Waals surface area contributed by atoms with Crippen molar-refractivity contribution in [3.05, 3.63) is 45.1 Å². The van der Waals surface area contributed by atoms with Gasteiger partial charge in [-0.2, -0.15) is 5.10 Å². The van der Waals surface area contributed by atoms with Gasteiger partial charge in [0, 0.05) is 0 Å². The summed E-state index contributed by atoms with van der Waals surface area (Å²) in [6.07, 6.45) is -0.707. The molecular formula is C15H13BrN2O3S. The predicted molar refractivity (Wildman–Crippen MR) is 88.7 cm³/mol. The lowest BCUT2D eigenvalue weighted by Crippen LogP contribution is -2.42. The molecule has 3 rings (SSSR count). The standard InChI is InChI=1S/C15H13BrN2O3S/c1-9(13-6-7-14(16)22-13)17-18-15(19)12-8-20-10-4-2-3-5-11(10)21-12/h2-7,12H,8H2,1H3,(H,18,19)/b17-9-/t12-/m1/s1. The first-order valence-electron chi connectivity index (χ1n) is 6.62. The van der Waals surface area contributed by atoms with Crippen LogP contribution in [-0.4, -0.2) is 24.3 Å². The van der Waals surface area contributed by atoms with E-state index in [0.717, 1.165) is 14.4 Å².